The highest BCUT2D eigenvalue weighted by Gasteiger charge is 2.06. The Bertz CT molecular complexity index is 515. The van der Waals surface area contributed by atoms with Crippen LogP contribution in [-0.2, 0) is 11.3 Å². The Kier molecular flexibility index (Phi) is 4.95. The Balaban J connectivity index is 1.95. The van der Waals surface area contributed by atoms with Crippen molar-refractivity contribution >= 4 is 33.2 Å². The van der Waals surface area contributed by atoms with Crippen LogP contribution < -0.4 is 5.32 Å². The van der Waals surface area contributed by atoms with E-state index in [4.69, 9.17) is 16.3 Å². The summed E-state index contributed by atoms with van der Waals surface area (Å²) in [6.07, 6.45) is 1.02. The van der Waals surface area contributed by atoms with Crippen molar-refractivity contribution in [1.29, 1.82) is 0 Å². The number of nitrogens with one attached hydrogen (secondary N) is 1. The maximum atomic E-state index is 5.88. The van der Waals surface area contributed by atoms with Gasteiger partial charge in [0, 0.05) is 31.2 Å². The second-order valence-electron chi connectivity index (χ2n) is 4.29. The molecule has 0 saturated heterocycles. The zero-order valence-corrected chi connectivity index (χ0v) is 12.1. The number of thiophene rings is 1. The molecule has 2 aromatic rings. The monoisotopic (exact) mass is 284 g/mol. The Hall–Kier alpha value is -0.680. The van der Waals surface area contributed by atoms with Crippen LogP contribution in [0.1, 0.15) is 18.2 Å². The summed E-state index contributed by atoms with van der Waals surface area (Å²) < 4.78 is 6.24. The first-order valence-corrected chi connectivity index (χ1v) is 7.16. The normalized spacial score (nSPS) is 13.1. The third-order valence-corrected chi connectivity index (χ3v) is 4.07. The molecule has 0 aliphatic heterocycles. The van der Waals surface area contributed by atoms with Crippen LogP contribution in [0.25, 0.3) is 10.2 Å². The highest BCUT2D eigenvalue weighted by molar-refractivity contribution is 7.19. The van der Waals surface area contributed by atoms with E-state index in [1.54, 1.807) is 18.4 Å². The maximum Gasteiger partial charge on any atom is 0.129 e. The number of hydrogen-bond donors (Lipinski definition) is 1. The second kappa shape index (κ2) is 6.48. The maximum absolute atomic E-state index is 5.88. The van der Waals surface area contributed by atoms with E-state index in [9.17, 15) is 0 Å². The van der Waals surface area contributed by atoms with Crippen LogP contribution in [0.3, 0.4) is 0 Å². The van der Waals surface area contributed by atoms with Crippen molar-refractivity contribution in [2.24, 2.45) is 0 Å². The van der Waals surface area contributed by atoms with E-state index >= 15 is 0 Å². The Morgan fingerprint density at radius 2 is 2.33 bits per heavy atom. The van der Waals surface area contributed by atoms with Gasteiger partial charge in [0.15, 0.2) is 0 Å². The molecule has 0 saturated carbocycles. The standard InChI is InChI=1S/C13H17ClN2OS/c1-9(5-6-17-2)15-8-10-7-11-12(18-10)3-4-13(14)16-11/h3-4,7,9,15H,5-6,8H2,1-2H3. The van der Waals surface area contributed by atoms with Crippen LogP contribution in [-0.4, -0.2) is 24.7 Å². The van der Waals surface area contributed by atoms with E-state index in [1.165, 1.54) is 9.58 Å². The van der Waals surface area contributed by atoms with E-state index < -0.39 is 0 Å². The fraction of sp³-hybridized carbons (Fsp3) is 0.462. The van der Waals surface area contributed by atoms with Gasteiger partial charge in [-0.2, -0.15) is 0 Å². The summed E-state index contributed by atoms with van der Waals surface area (Å²) in [7, 11) is 1.73. The molecule has 2 heterocycles. The minimum absolute atomic E-state index is 0.451. The fourth-order valence-corrected chi connectivity index (χ4v) is 2.82. The number of rotatable bonds is 6. The van der Waals surface area contributed by atoms with Crippen molar-refractivity contribution in [2.45, 2.75) is 25.9 Å². The van der Waals surface area contributed by atoms with Gasteiger partial charge >= 0.3 is 0 Å². The van der Waals surface area contributed by atoms with Crippen LogP contribution in [0.4, 0.5) is 0 Å². The molecule has 98 valence electrons. The largest absolute Gasteiger partial charge is 0.385 e. The summed E-state index contributed by atoms with van der Waals surface area (Å²) >= 11 is 7.63. The van der Waals surface area contributed by atoms with E-state index in [-0.39, 0.29) is 0 Å². The van der Waals surface area contributed by atoms with Gasteiger partial charge in [-0.05, 0) is 31.5 Å². The fourth-order valence-electron chi connectivity index (χ4n) is 1.71. The highest BCUT2D eigenvalue weighted by atomic mass is 35.5. The van der Waals surface area contributed by atoms with Crippen molar-refractivity contribution in [3.05, 3.63) is 28.2 Å². The molecule has 1 atom stereocenters. The molecule has 1 N–H and O–H groups in total. The van der Waals surface area contributed by atoms with Gasteiger partial charge in [-0.3, -0.25) is 0 Å². The molecule has 2 aromatic heterocycles. The lowest BCUT2D eigenvalue weighted by Gasteiger charge is -2.11. The first-order chi connectivity index (χ1) is 8.69. The first kappa shape index (κ1) is 13.7. The van der Waals surface area contributed by atoms with Gasteiger partial charge in [-0.15, -0.1) is 11.3 Å². The number of aromatic nitrogens is 1. The molecule has 5 heteroatoms. The van der Waals surface area contributed by atoms with E-state index in [1.807, 2.05) is 12.1 Å². The lowest BCUT2D eigenvalue weighted by molar-refractivity contribution is 0.185. The molecule has 2 rings (SSSR count). The second-order valence-corrected chi connectivity index (χ2v) is 5.85. The number of pyridine rings is 1. The van der Waals surface area contributed by atoms with Crippen LogP contribution >= 0.6 is 22.9 Å². The third kappa shape index (κ3) is 3.65. The molecule has 0 radical (unpaired) electrons. The summed E-state index contributed by atoms with van der Waals surface area (Å²) in [6, 6.07) is 6.40. The van der Waals surface area contributed by atoms with Gasteiger partial charge in [0.05, 0.1) is 10.2 Å². The molecular weight excluding hydrogens is 268 g/mol. The summed E-state index contributed by atoms with van der Waals surface area (Å²) in [6.45, 7) is 3.82. The quantitative estimate of drug-likeness (QED) is 0.825. The number of hydrogen-bond acceptors (Lipinski definition) is 4. The number of methoxy groups -OCH3 is 1. The van der Waals surface area contributed by atoms with Crippen LogP contribution in [0.2, 0.25) is 5.15 Å². The lowest BCUT2D eigenvalue weighted by atomic mass is 10.2. The Morgan fingerprint density at radius 3 is 3.11 bits per heavy atom. The van der Waals surface area contributed by atoms with E-state index in [2.05, 4.69) is 23.3 Å². The average molecular weight is 285 g/mol. The molecule has 1 unspecified atom stereocenters. The highest BCUT2D eigenvalue weighted by Crippen LogP contribution is 2.25. The molecule has 3 nitrogen and oxygen atoms in total. The molecule has 0 aliphatic rings. The smallest absolute Gasteiger partial charge is 0.129 e. The Labute approximate surface area is 116 Å². The predicted molar refractivity (Wildman–Crippen MR) is 77.4 cm³/mol. The molecule has 0 spiro atoms. The molecule has 0 aliphatic carbocycles. The van der Waals surface area contributed by atoms with Crippen molar-refractivity contribution in [1.82, 2.24) is 10.3 Å². The average Bonchev–Trinajstić information content (AvgIpc) is 2.75. The molecule has 18 heavy (non-hydrogen) atoms. The molecule has 0 amide bonds. The van der Waals surface area contributed by atoms with E-state index in [0.29, 0.717) is 11.2 Å². The van der Waals surface area contributed by atoms with Crippen molar-refractivity contribution in [2.75, 3.05) is 13.7 Å². The summed E-state index contributed by atoms with van der Waals surface area (Å²) in [5, 5.41) is 4.03. The van der Waals surface area contributed by atoms with Gasteiger partial charge in [-0.1, -0.05) is 11.6 Å². The zero-order chi connectivity index (χ0) is 13.0. The number of halogens is 1. The van der Waals surface area contributed by atoms with Crippen LogP contribution in [0.5, 0.6) is 0 Å². The minimum Gasteiger partial charge on any atom is -0.385 e. The number of ether oxygens (including phenoxy) is 1. The van der Waals surface area contributed by atoms with Gasteiger partial charge in [0.2, 0.25) is 0 Å². The third-order valence-electron chi connectivity index (χ3n) is 2.77. The predicted octanol–water partition coefficient (Wildman–Crippen LogP) is 3.46. The molecule has 0 bridgehead atoms. The molecular formula is C13H17ClN2OS. The van der Waals surface area contributed by atoms with Crippen molar-refractivity contribution in [3.63, 3.8) is 0 Å². The number of fused-ring (bicyclic) bond motifs is 1. The zero-order valence-electron chi connectivity index (χ0n) is 10.6. The van der Waals surface area contributed by atoms with Crippen molar-refractivity contribution in [3.8, 4) is 0 Å². The van der Waals surface area contributed by atoms with Gasteiger partial charge in [0.25, 0.3) is 0 Å². The first-order valence-electron chi connectivity index (χ1n) is 5.96. The summed E-state index contributed by atoms with van der Waals surface area (Å²) in [4.78, 5) is 5.58. The number of nitrogens with zero attached hydrogens (tertiary/aromatic N) is 1. The molecule has 0 aromatic carbocycles. The van der Waals surface area contributed by atoms with Gasteiger partial charge in [0.1, 0.15) is 5.15 Å². The van der Waals surface area contributed by atoms with Crippen LogP contribution in [0.15, 0.2) is 18.2 Å². The Morgan fingerprint density at radius 1 is 1.50 bits per heavy atom. The summed E-state index contributed by atoms with van der Waals surface area (Å²) in [5.74, 6) is 0. The minimum atomic E-state index is 0.451. The SMILES string of the molecule is COCCC(C)NCc1cc2nc(Cl)ccc2s1. The van der Waals surface area contributed by atoms with Crippen molar-refractivity contribution < 1.29 is 4.74 Å². The van der Waals surface area contributed by atoms with Crippen LogP contribution in [0, 0.1) is 0 Å². The topological polar surface area (TPSA) is 34.1 Å². The van der Waals surface area contributed by atoms with Gasteiger partial charge < -0.3 is 10.1 Å². The van der Waals surface area contributed by atoms with E-state index in [0.717, 1.165) is 25.1 Å². The molecule has 0 fully saturated rings. The summed E-state index contributed by atoms with van der Waals surface area (Å²) in [5.41, 5.74) is 0.980. The lowest BCUT2D eigenvalue weighted by Crippen LogP contribution is -2.26. The van der Waals surface area contributed by atoms with Gasteiger partial charge in [-0.25, -0.2) is 4.98 Å².